The van der Waals surface area contributed by atoms with Gasteiger partial charge in [-0.2, -0.15) is 31.4 Å². The monoisotopic (exact) mass is 404 g/mol. The van der Waals surface area contributed by atoms with Gasteiger partial charge >= 0.3 is 11.7 Å². The van der Waals surface area contributed by atoms with Crippen LogP contribution in [-0.4, -0.2) is 27.2 Å². The van der Waals surface area contributed by atoms with Crippen LogP contribution in [0.5, 0.6) is 0 Å². The van der Waals surface area contributed by atoms with Gasteiger partial charge in [0.15, 0.2) is 0 Å². The van der Waals surface area contributed by atoms with Crippen molar-refractivity contribution in [2.45, 2.75) is 35.3 Å². The molecule has 0 unspecified atom stereocenters. The second kappa shape index (κ2) is 7.10. The molecule has 138 valence electrons. The van der Waals surface area contributed by atoms with Gasteiger partial charge in [0.25, 0.3) is 0 Å². The van der Waals surface area contributed by atoms with Crippen LogP contribution in [0.3, 0.4) is 0 Å². The molecule has 0 N–H and O–H groups in total. The van der Waals surface area contributed by atoms with Crippen LogP contribution in [0.15, 0.2) is 28.1 Å². The molecule has 0 bridgehead atoms. The Morgan fingerprint density at radius 2 is 1.68 bits per heavy atom. The first-order valence-electron chi connectivity index (χ1n) is 6.68. The van der Waals surface area contributed by atoms with E-state index in [1.165, 1.54) is 13.8 Å². The third kappa shape index (κ3) is 5.56. The maximum absolute atomic E-state index is 14.1. The second-order valence-corrected chi connectivity index (χ2v) is 7.17. The van der Waals surface area contributed by atoms with Gasteiger partial charge in [-0.3, -0.25) is 0 Å². The third-order valence-corrected chi connectivity index (χ3v) is 5.04. The van der Waals surface area contributed by atoms with E-state index in [1.54, 1.807) is 0 Å². The molecule has 0 saturated carbocycles. The molecule has 0 aliphatic rings. The van der Waals surface area contributed by atoms with Crippen LogP contribution in [0.1, 0.15) is 11.3 Å². The molecule has 2 rings (SSSR count). The van der Waals surface area contributed by atoms with E-state index in [0.717, 1.165) is 23.0 Å². The molecule has 2 nitrogen and oxygen atoms in total. The molecule has 0 aliphatic heterocycles. The van der Waals surface area contributed by atoms with Gasteiger partial charge in [0.1, 0.15) is 11.5 Å². The maximum Gasteiger partial charge on any atom is 0.446 e. The van der Waals surface area contributed by atoms with E-state index in [0.29, 0.717) is 17.3 Å². The Morgan fingerprint density at radius 1 is 1.04 bits per heavy atom. The average molecular weight is 404 g/mol. The Balaban J connectivity index is 2.37. The number of benzene rings is 1. The fraction of sp³-hybridized carbons (Fsp3) is 0.357. The molecular formula is C14H11F7N2S2. The Morgan fingerprint density at radius 3 is 2.24 bits per heavy atom. The van der Waals surface area contributed by atoms with E-state index in [2.05, 4.69) is 5.10 Å². The van der Waals surface area contributed by atoms with Crippen molar-refractivity contribution in [2.75, 3.05) is 5.75 Å². The van der Waals surface area contributed by atoms with Crippen molar-refractivity contribution in [3.05, 3.63) is 35.4 Å². The van der Waals surface area contributed by atoms with E-state index in [-0.39, 0.29) is 21.2 Å². The minimum atomic E-state index is -4.53. The highest BCUT2D eigenvalue weighted by Crippen LogP contribution is 2.39. The highest BCUT2D eigenvalue weighted by atomic mass is 32.2. The normalized spacial score (nSPS) is 12.7. The molecule has 1 aromatic heterocycles. The van der Waals surface area contributed by atoms with Crippen molar-refractivity contribution in [1.29, 1.82) is 0 Å². The number of halogens is 7. The lowest BCUT2D eigenvalue weighted by Gasteiger charge is -2.11. The molecule has 0 fully saturated rings. The Hall–Kier alpha value is -1.36. The molecular weight excluding hydrogens is 393 g/mol. The molecule has 11 heteroatoms. The van der Waals surface area contributed by atoms with Crippen molar-refractivity contribution in [2.24, 2.45) is 0 Å². The fourth-order valence-electron chi connectivity index (χ4n) is 1.93. The topological polar surface area (TPSA) is 17.8 Å². The molecule has 0 saturated heterocycles. The number of aryl methyl sites for hydroxylation is 2. The van der Waals surface area contributed by atoms with E-state index < -0.39 is 35.0 Å². The Labute approximate surface area is 146 Å². The first-order chi connectivity index (χ1) is 11.4. The summed E-state index contributed by atoms with van der Waals surface area (Å²) in [6, 6.07) is 2.18. The zero-order valence-electron chi connectivity index (χ0n) is 12.8. The van der Waals surface area contributed by atoms with Crippen molar-refractivity contribution in [1.82, 2.24) is 9.78 Å². The van der Waals surface area contributed by atoms with Gasteiger partial charge < -0.3 is 0 Å². The van der Waals surface area contributed by atoms with E-state index >= 15 is 0 Å². The molecule has 25 heavy (non-hydrogen) atoms. The highest BCUT2D eigenvalue weighted by Gasteiger charge is 2.31. The van der Waals surface area contributed by atoms with Gasteiger partial charge in [-0.15, -0.1) is 11.8 Å². The number of hydrogen-bond donors (Lipinski definition) is 0. The predicted octanol–water partition coefficient (Wildman–Crippen LogP) is 5.89. The molecule has 1 aromatic carbocycles. The second-order valence-electron chi connectivity index (χ2n) is 5.04. The SMILES string of the molecule is Cc1cc(F)c(-n2cc(SC(F)(F)F)c(C)n2)cc1SCC(F)(F)F. The summed E-state index contributed by atoms with van der Waals surface area (Å²) in [5, 5.41) is 3.83. The predicted molar refractivity (Wildman–Crippen MR) is 81.7 cm³/mol. The van der Waals surface area contributed by atoms with Crippen LogP contribution in [0.25, 0.3) is 5.69 Å². The number of nitrogens with zero attached hydrogens (tertiary/aromatic N) is 2. The number of rotatable bonds is 4. The molecule has 1 heterocycles. The van der Waals surface area contributed by atoms with Crippen molar-refractivity contribution >= 4 is 23.5 Å². The van der Waals surface area contributed by atoms with Gasteiger partial charge in [-0.25, -0.2) is 9.07 Å². The van der Waals surface area contributed by atoms with Crippen LogP contribution in [-0.2, 0) is 0 Å². The van der Waals surface area contributed by atoms with Crippen LogP contribution in [0, 0.1) is 19.7 Å². The largest absolute Gasteiger partial charge is 0.446 e. The minimum Gasteiger partial charge on any atom is -0.237 e. The van der Waals surface area contributed by atoms with Crippen molar-refractivity contribution < 1.29 is 30.7 Å². The Kier molecular flexibility index (Phi) is 5.67. The third-order valence-electron chi connectivity index (χ3n) is 2.96. The summed E-state index contributed by atoms with van der Waals surface area (Å²) in [7, 11) is 0. The highest BCUT2D eigenvalue weighted by molar-refractivity contribution is 8.00. The van der Waals surface area contributed by atoms with Gasteiger partial charge in [0.05, 0.1) is 16.3 Å². The summed E-state index contributed by atoms with van der Waals surface area (Å²) >= 11 is 0.0845. The summed E-state index contributed by atoms with van der Waals surface area (Å²) in [5.41, 5.74) is -4.42. The lowest BCUT2D eigenvalue weighted by atomic mass is 10.2. The standard InChI is InChI=1S/C14H11F7N2S2/c1-7-3-9(15)10(4-11(7)24-6-13(16,17)18)23-5-12(8(2)22-23)25-14(19,20)21/h3-5H,6H2,1-2H3. The van der Waals surface area contributed by atoms with Gasteiger partial charge in [-0.1, -0.05) is 0 Å². The van der Waals surface area contributed by atoms with Gasteiger partial charge in [0, 0.05) is 11.1 Å². The van der Waals surface area contributed by atoms with Crippen LogP contribution in [0.2, 0.25) is 0 Å². The fourth-order valence-corrected chi connectivity index (χ4v) is 3.32. The zero-order valence-corrected chi connectivity index (χ0v) is 14.4. The number of alkyl halides is 6. The summed E-state index contributed by atoms with van der Waals surface area (Å²) in [5.74, 6) is -1.95. The lowest BCUT2D eigenvalue weighted by Crippen LogP contribution is -2.11. The molecule has 0 amide bonds. The molecule has 0 atom stereocenters. The molecule has 0 radical (unpaired) electrons. The quantitative estimate of drug-likeness (QED) is 0.467. The summed E-state index contributed by atoms with van der Waals surface area (Å²) in [6.45, 7) is 2.78. The summed E-state index contributed by atoms with van der Waals surface area (Å²) in [6.07, 6.45) is -3.40. The number of aromatic nitrogens is 2. The molecule has 0 aliphatic carbocycles. The summed E-state index contributed by atoms with van der Waals surface area (Å²) < 4.78 is 89.6. The molecule has 2 aromatic rings. The lowest BCUT2D eigenvalue weighted by molar-refractivity contribution is -0.105. The van der Waals surface area contributed by atoms with Crippen LogP contribution < -0.4 is 0 Å². The van der Waals surface area contributed by atoms with Gasteiger partial charge in [-0.05, 0) is 43.3 Å². The van der Waals surface area contributed by atoms with E-state index in [4.69, 9.17) is 0 Å². The number of hydrogen-bond acceptors (Lipinski definition) is 3. The minimum absolute atomic E-state index is 0.0341. The van der Waals surface area contributed by atoms with Crippen LogP contribution >= 0.6 is 23.5 Å². The van der Waals surface area contributed by atoms with Gasteiger partial charge in [0.2, 0.25) is 0 Å². The Bertz CT molecular complexity index is 766. The summed E-state index contributed by atoms with van der Waals surface area (Å²) in [4.78, 5) is -0.0381. The van der Waals surface area contributed by atoms with E-state index in [9.17, 15) is 30.7 Å². The zero-order chi connectivity index (χ0) is 19.0. The van der Waals surface area contributed by atoms with Crippen LogP contribution in [0.4, 0.5) is 30.7 Å². The maximum atomic E-state index is 14.1. The van der Waals surface area contributed by atoms with Crippen molar-refractivity contribution in [3.8, 4) is 5.69 Å². The van der Waals surface area contributed by atoms with E-state index in [1.807, 2.05) is 0 Å². The molecule has 0 spiro atoms. The first-order valence-corrected chi connectivity index (χ1v) is 8.48. The first kappa shape index (κ1) is 20.0. The number of thioether (sulfide) groups is 2. The smallest absolute Gasteiger partial charge is 0.237 e. The average Bonchev–Trinajstić information content (AvgIpc) is 2.75. The van der Waals surface area contributed by atoms with Crippen molar-refractivity contribution in [3.63, 3.8) is 0 Å².